The van der Waals surface area contributed by atoms with Gasteiger partial charge in [-0.25, -0.2) is 9.97 Å². The monoisotopic (exact) mass is 660 g/mol. The first-order chi connectivity index (χ1) is 25.7. The molecule has 1 aromatic heterocycles. The number of benzene rings is 9. The minimum Gasteiger partial charge on any atom is -0.228 e. The quantitative estimate of drug-likeness (QED) is 0.136. The van der Waals surface area contributed by atoms with Gasteiger partial charge >= 0.3 is 0 Å². The maximum atomic E-state index is 5.13. The van der Waals surface area contributed by atoms with Crippen molar-refractivity contribution in [3.8, 4) is 56.2 Å². The van der Waals surface area contributed by atoms with Gasteiger partial charge < -0.3 is 0 Å². The van der Waals surface area contributed by atoms with Crippen molar-refractivity contribution in [2.45, 2.75) is 0 Å². The maximum Gasteiger partial charge on any atom is 0.160 e. The topological polar surface area (TPSA) is 25.8 Å². The third-order valence-corrected chi connectivity index (χ3v) is 10.3. The fourth-order valence-corrected chi connectivity index (χ4v) is 7.64. The Kier molecular flexibility index (Phi) is 7.18. The van der Waals surface area contributed by atoms with Gasteiger partial charge in [-0.2, -0.15) is 0 Å². The van der Waals surface area contributed by atoms with E-state index in [2.05, 4.69) is 176 Å². The van der Waals surface area contributed by atoms with Crippen molar-refractivity contribution in [1.29, 1.82) is 0 Å². The molecule has 0 saturated heterocycles. The summed E-state index contributed by atoms with van der Waals surface area (Å²) in [6, 6.07) is 69.3. The van der Waals surface area contributed by atoms with Crippen molar-refractivity contribution in [1.82, 2.24) is 9.97 Å². The lowest BCUT2D eigenvalue weighted by atomic mass is 9.93. The van der Waals surface area contributed by atoms with Gasteiger partial charge in [0.25, 0.3) is 0 Å². The summed E-state index contributed by atoms with van der Waals surface area (Å²) in [5.41, 5.74) is 9.64. The van der Waals surface area contributed by atoms with E-state index < -0.39 is 0 Å². The van der Waals surface area contributed by atoms with Gasteiger partial charge in [-0.05, 0) is 89.6 Å². The normalized spacial score (nSPS) is 11.5. The molecule has 52 heavy (non-hydrogen) atoms. The van der Waals surface area contributed by atoms with E-state index in [1.165, 1.54) is 59.8 Å². The molecule has 0 aliphatic heterocycles. The Bertz CT molecular complexity index is 2940. The first kappa shape index (κ1) is 30.0. The van der Waals surface area contributed by atoms with Crippen molar-refractivity contribution < 1.29 is 0 Å². The van der Waals surface area contributed by atoms with Crippen LogP contribution in [0.4, 0.5) is 0 Å². The smallest absolute Gasteiger partial charge is 0.160 e. The molecule has 242 valence electrons. The molecule has 9 aromatic carbocycles. The molecule has 0 unspecified atom stereocenters. The highest BCUT2D eigenvalue weighted by atomic mass is 14.9. The second-order valence-electron chi connectivity index (χ2n) is 13.4. The maximum absolute atomic E-state index is 5.13. The van der Waals surface area contributed by atoms with Crippen LogP contribution in [0.15, 0.2) is 194 Å². The van der Waals surface area contributed by atoms with Crippen molar-refractivity contribution in [2.24, 2.45) is 0 Å². The number of fused-ring (bicyclic) bond motifs is 5. The van der Waals surface area contributed by atoms with E-state index in [0.29, 0.717) is 5.82 Å². The Labute approximate surface area is 302 Å². The summed E-state index contributed by atoms with van der Waals surface area (Å²) in [6.45, 7) is 0. The van der Waals surface area contributed by atoms with E-state index in [9.17, 15) is 0 Å². The zero-order valence-corrected chi connectivity index (χ0v) is 28.4. The molecule has 0 bridgehead atoms. The standard InChI is InChI=1S/C50H32N2/c1-2-12-36(13-3-1)50-51-48(32-49(52-50)41-18-8-17-39(30-41)44-20-9-16-33-11-6-7-19-42(33)44)35-25-23-34(24-26-35)43-21-10-22-45-46(43)28-27-40-29-37-14-4-5-15-38(37)31-47(40)45/h1-32H. The highest BCUT2D eigenvalue weighted by Gasteiger charge is 2.14. The SMILES string of the molecule is c1ccc(-c2nc(-c3ccc(-c4cccc5c4ccc4cc6ccccc6cc45)cc3)cc(-c3cccc(-c4cccc5ccccc45)c3)n2)cc1. The Balaban J connectivity index is 1.06. The predicted molar refractivity (Wildman–Crippen MR) is 219 cm³/mol. The van der Waals surface area contributed by atoms with Crippen LogP contribution < -0.4 is 0 Å². The summed E-state index contributed by atoms with van der Waals surface area (Å²) in [5, 5.41) is 10.1. The van der Waals surface area contributed by atoms with Crippen LogP contribution in [-0.4, -0.2) is 9.97 Å². The highest BCUT2D eigenvalue weighted by Crippen LogP contribution is 2.37. The van der Waals surface area contributed by atoms with Gasteiger partial charge in [0.2, 0.25) is 0 Å². The average Bonchev–Trinajstić information content (AvgIpc) is 3.22. The molecule has 0 fully saturated rings. The van der Waals surface area contributed by atoms with Crippen LogP contribution in [0.25, 0.3) is 99.2 Å². The van der Waals surface area contributed by atoms with Crippen LogP contribution in [0.1, 0.15) is 0 Å². The summed E-state index contributed by atoms with van der Waals surface area (Å²) in [6.07, 6.45) is 0. The average molecular weight is 661 g/mol. The molecule has 2 nitrogen and oxygen atoms in total. The summed E-state index contributed by atoms with van der Waals surface area (Å²) in [7, 11) is 0. The molecule has 0 aliphatic rings. The molecule has 0 atom stereocenters. The first-order valence-electron chi connectivity index (χ1n) is 17.7. The van der Waals surface area contributed by atoms with E-state index in [-0.39, 0.29) is 0 Å². The molecule has 0 aliphatic carbocycles. The van der Waals surface area contributed by atoms with Gasteiger partial charge in [0.05, 0.1) is 11.4 Å². The van der Waals surface area contributed by atoms with Gasteiger partial charge in [-0.3, -0.25) is 0 Å². The van der Waals surface area contributed by atoms with Crippen LogP contribution in [0.3, 0.4) is 0 Å². The highest BCUT2D eigenvalue weighted by molar-refractivity contribution is 6.15. The second-order valence-corrected chi connectivity index (χ2v) is 13.4. The number of rotatable bonds is 5. The number of aromatic nitrogens is 2. The Morgan fingerprint density at radius 1 is 0.250 bits per heavy atom. The molecular formula is C50H32N2. The molecular weight excluding hydrogens is 629 g/mol. The van der Waals surface area contributed by atoms with Crippen LogP contribution in [0, 0.1) is 0 Å². The van der Waals surface area contributed by atoms with Crippen molar-refractivity contribution in [3.05, 3.63) is 194 Å². The fourth-order valence-electron chi connectivity index (χ4n) is 7.64. The lowest BCUT2D eigenvalue weighted by molar-refractivity contribution is 1.18. The van der Waals surface area contributed by atoms with Crippen LogP contribution in [0.2, 0.25) is 0 Å². The third-order valence-electron chi connectivity index (χ3n) is 10.3. The zero-order valence-electron chi connectivity index (χ0n) is 28.4. The van der Waals surface area contributed by atoms with E-state index in [4.69, 9.17) is 9.97 Å². The van der Waals surface area contributed by atoms with Crippen LogP contribution >= 0.6 is 0 Å². The largest absolute Gasteiger partial charge is 0.228 e. The summed E-state index contributed by atoms with van der Waals surface area (Å²) < 4.78 is 0. The van der Waals surface area contributed by atoms with Crippen molar-refractivity contribution in [2.75, 3.05) is 0 Å². The summed E-state index contributed by atoms with van der Waals surface area (Å²) in [5.74, 6) is 0.709. The molecule has 1 heterocycles. The molecule has 0 N–H and O–H groups in total. The Morgan fingerprint density at radius 2 is 0.827 bits per heavy atom. The van der Waals surface area contributed by atoms with Gasteiger partial charge in [0.15, 0.2) is 5.82 Å². The molecule has 0 radical (unpaired) electrons. The molecule has 10 rings (SSSR count). The van der Waals surface area contributed by atoms with E-state index in [1.54, 1.807) is 0 Å². The zero-order chi connectivity index (χ0) is 34.4. The molecule has 0 spiro atoms. The Hall–Kier alpha value is -6.90. The van der Waals surface area contributed by atoms with Gasteiger partial charge in [-0.1, -0.05) is 170 Å². The van der Waals surface area contributed by atoms with Crippen LogP contribution in [0.5, 0.6) is 0 Å². The molecule has 10 aromatic rings. The van der Waals surface area contributed by atoms with Crippen LogP contribution in [-0.2, 0) is 0 Å². The summed E-state index contributed by atoms with van der Waals surface area (Å²) >= 11 is 0. The second kappa shape index (κ2) is 12.5. The predicted octanol–water partition coefficient (Wildman–Crippen LogP) is 13.4. The van der Waals surface area contributed by atoms with Gasteiger partial charge in [0.1, 0.15) is 0 Å². The first-order valence-corrected chi connectivity index (χ1v) is 17.7. The van der Waals surface area contributed by atoms with E-state index in [0.717, 1.165) is 33.6 Å². The van der Waals surface area contributed by atoms with Crippen molar-refractivity contribution >= 4 is 43.1 Å². The number of hydrogen-bond donors (Lipinski definition) is 0. The Morgan fingerprint density at radius 3 is 1.65 bits per heavy atom. The molecule has 0 saturated carbocycles. The van der Waals surface area contributed by atoms with Gasteiger partial charge in [-0.15, -0.1) is 0 Å². The van der Waals surface area contributed by atoms with E-state index in [1.807, 2.05) is 18.2 Å². The summed E-state index contributed by atoms with van der Waals surface area (Å²) in [4.78, 5) is 10.2. The third kappa shape index (κ3) is 5.30. The van der Waals surface area contributed by atoms with Crippen molar-refractivity contribution in [3.63, 3.8) is 0 Å². The van der Waals surface area contributed by atoms with Gasteiger partial charge in [0, 0.05) is 16.7 Å². The fraction of sp³-hybridized carbons (Fsp3) is 0. The number of hydrogen-bond acceptors (Lipinski definition) is 2. The lowest BCUT2D eigenvalue weighted by Gasteiger charge is -2.13. The van der Waals surface area contributed by atoms with E-state index >= 15 is 0 Å². The molecule has 2 heteroatoms. The number of nitrogens with zero attached hydrogens (tertiary/aromatic N) is 2. The minimum atomic E-state index is 0.709. The molecule has 0 amide bonds. The minimum absolute atomic E-state index is 0.709. The lowest BCUT2D eigenvalue weighted by Crippen LogP contribution is -1.96.